The van der Waals surface area contributed by atoms with Gasteiger partial charge in [-0.1, -0.05) is 12.1 Å². The summed E-state index contributed by atoms with van der Waals surface area (Å²) in [6.45, 7) is 4.53. The quantitative estimate of drug-likeness (QED) is 0.570. The molecule has 0 atom stereocenters. The van der Waals surface area contributed by atoms with Crippen LogP contribution in [0.15, 0.2) is 33.5 Å². The minimum Gasteiger partial charge on any atom is -0.489 e. The van der Waals surface area contributed by atoms with E-state index in [0.29, 0.717) is 24.5 Å². The molecule has 1 aromatic carbocycles. The molecule has 0 saturated heterocycles. The smallest absolute Gasteiger partial charge is 0.466 e. The van der Waals surface area contributed by atoms with Crippen LogP contribution in [0.5, 0.6) is 11.5 Å². The van der Waals surface area contributed by atoms with Gasteiger partial charge in [-0.15, -0.1) is 0 Å². The van der Waals surface area contributed by atoms with Crippen molar-refractivity contribution in [2.75, 3.05) is 13.2 Å². The van der Waals surface area contributed by atoms with Crippen LogP contribution in [0.25, 0.3) is 11.0 Å². The van der Waals surface area contributed by atoms with Crippen molar-refractivity contribution in [2.45, 2.75) is 13.8 Å². The van der Waals surface area contributed by atoms with Crippen LogP contribution in [0.4, 0.5) is 0 Å². The Labute approximate surface area is 126 Å². The molecule has 122 valence electrons. The fourth-order valence-corrected chi connectivity index (χ4v) is 1.66. The normalized spacial score (nSPS) is 10.8. The molecule has 2 rings (SSSR count). The molecule has 0 aliphatic rings. The third-order valence-electron chi connectivity index (χ3n) is 2.30. The van der Waals surface area contributed by atoms with E-state index in [-0.39, 0.29) is 5.75 Å². The highest BCUT2D eigenvalue weighted by Crippen LogP contribution is 2.32. The van der Waals surface area contributed by atoms with Gasteiger partial charge in [-0.2, -0.15) is 0 Å². The van der Waals surface area contributed by atoms with Crippen molar-refractivity contribution in [3.63, 3.8) is 0 Å². The van der Waals surface area contributed by atoms with E-state index in [1.165, 1.54) is 0 Å². The molecular formula is C13H17O8P. The Morgan fingerprint density at radius 1 is 1.05 bits per heavy atom. The first-order valence-corrected chi connectivity index (χ1v) is 7.94. The standard InChI is InChI=1S/C13H14O4.H3O4P/c1-3-15-11-9-7-5-6-8-10(9)17-13(14)12(11)16-4-2;1-5(2,3)4/h5-8H,3-4H2,1-2H3;(H3,1,2,3,4). The number of para-hydroxylation sites is 1. The van der Waals surface area contributed by atoms with E-state index < -0.39 is 13.4 Å². The van der Waals surface area contributed by atoms with Crippen LogP contribution in [-0.4, -0.2) is 27.9 Å². The van der Waals surface area contributed by atoms with Gasteiger partial charge in [-0.3, -0.25) is 0 Å². The molecule has 1 aromatic heterocycles. The molecule has 0 radical (unpaired) electrons. The van der Waals surface area contributed by atoms with Gasteiger partial charge in [-0.05, 0) is 26.0 Å². The number of rotatable bonds is 4. The Hall–Kier alpha value is -1.86. The van der Waals surface area contributed by atoms with Gasteiger partial charge in [0.1, 0.15) is 5.58 Å². The van der Waals surface area contributed by atoms with E-state index >= 15 is 0 Å². The van der Waals surface area contributed by atoms with Crippen molar-refractivity contribution in [3.8, 4) is 11.5 Å². The zero-order valence-electron chi connectivity index (χ0n) is 12.1. The zero-order valence-corrected chi connectivity index (χ0v) is 12.9. The summed E-state index contributed by atoms with van der Waals surface area (Å²) in [5, 5.41) is 0.748. The van der Waals surface area contributed by atoms with Crippen molar-refractivity contribution in [1.29, 1.82) is 0 Å². The Balaban J connectivity index is 0.000000422. The van der Waals surface area contributed by atoms with Gasteiger partial charge < -0.3 is 28.6 Å². The molecule has 2 aromatic rings. The third-order valence-corrected chi connectivity index (χ3v) is 2.30. The van der Waals surface area contributed by atoms with Gasteiger partial charge in [0.15, 0.2) is 5.75 Å². The third kappa shape index (κ3) is 5.50. The number of hydrogen-bond donors (Lipinski definition) is 3. The summed E-state index contributed by atoms with van der Waals surface area (Å²) in [5.41, 5.74) is -0.00148. The highest BCUT2D eigenvalue weighted by Gasteiger charge is 2.16. The molecule has 0 bridgehead atoms. The van der Waals surface area contributed by atoms with Crippen LogP contribution in [0, 0.1) is 0 Å². The van der Waals surface area contributed by atoms with Crippen LogP contribution in [0.1, 0.15) is 13.8 Å². The summed E-state index contributed by atoms with van der Waals surface area (Å²) in [6, 6.07) is 7.24. The molecule has 1 heterocycles. The Morgan fingerprint density at radius 3 is 2.09 bits per heavy atom. The van der Waals surface area contributed by atoms with Crippen LogP contribution in [0.3, 0.4) is 0 Å². The number of ether oxygens (including phenoxy) is 2. The van der Waals surface area contributed by atoms with E-state index in [9.17, 15) is 4.79 Å². The number of fused-ring (bicyclic) bond motifs is 1. The van der Waals surface area contributed by atoms with E-state index in [1.807, 2.05) is 26.0 Å². The van der Waals surface area contributed by atoms with Gasteiger partial charge in [-0.25, -0.2) is 9.36 Å². The van der Waals surface area contributed by atoms with Crippen LogP contribution < -0.4 is 15.1 Å². The first-order valence-electron chi connectivity index (χ1n) is 6.37. The van der Waals surface area contributed by atoms with Gasteiger partial charge in [0.25, 0.3) is 0 Å². The lowest BCUT2D eigenvalue weighted by molar-refractivity contribution is 0.275. The molecule has 0 aliphatic heterocycles. The molecule has 8 nitrogen and oxygen atoms in total. The fourth-order valence-electron chi connectivity index (χ4n) is 1.66. The van der Waals surface area contributed by atoms with E-state index in [2.05, 4.69) is 0 Å². The Kier molecular flexibility index (Phi) is 6.58. The molecule has 22 heavy (non-hydrogen) atoms. The molecular weight excluding hydrogens is 315 g/mol. The molecule has 0 saturated carbocycles. The molecule has 0 amide bonds. The number of hydrogen-bond acceptors (Lipinski definition) is 5. The van der Waals surface area contributed by atoms with E-state index in [4.69, 9.17) is 33.1 Å². The van der Waals surface area contributed by atoms with Crippen molar-refractivity contribution in [1.82, 2.24) is 0 Å². The van der Waals surface area contributed by atoms with Gasteiger partial charge in [0.2, 0.25) is 5.75 Å². The second-order valence-electron chi connectivity index (χ2n) is 3.92. The second kappa shape index (κ2) is 7.95. The van der Waals surface area contributed by atoms with Gasteiger partial charge in [0.05, 0.1) is 18.6 Å². The summed E-state index contributed by atoms with van der Waals surface area (Å²) in [6.07, 6.45) is 0. The minimum atomic E-state index is -4.64. The lowest BCUT2D eigenvalue weighted by Crippen LogP contribution is -2.09. The highest BCUT2D eigenvalue weighted by atomic mass is 31.2. The van der Waals surface area contributed by atoms with Crippen molar-refractivity contribution in [2.24, 2.45) is 0 Å². The lowest BCUT2D eigenvalue weighted by Gasteiger charge is -2.11. The largest absolute Gasteiger partial charge is 0.489 e. The zero-order chi connectivity index (χ0) is 16.8. The summed E-state index contributed by atoms with van der Waals surface area (Å²) >= 11 is 0. The summed E-state index contributed by atoms with van der Waals surface area (Å²) in [5.74, 6) is 0.606. The predicted octanol–water partition coefficient (Wildman–Crippen LogP) is 1.66. The maximum Gasteiger partial charge on any atom is 0.466 e. The number of benzene rings is 1. The summed E-state index contributed by atoms with van der Waals surface area (Å²) < 4.78 is 24.8. The molecule has 0 aliphatic carbocycles. The van der Waals surface area contributed by atoms with Gasteiger partial charge >= 0.3 is 13.4 Å². The Morgan fingerprint density at radius 2 is 1.55 bits per heavy atom. The molecule has 0 spiro atoms. The topological polar surface area (TPSA) is 126 Å². The van der Waals surface area contributed by atoms with Crippen molar-refractivity contribution < 1.29 is 33.1 Å². The maximum absolute atomic E-state index is 11.7. The SMILES string of the molecule is CCOc1c(OCC)c2ccccc2oc1=O.O=P(O)(O)O. The molecule has 0 fully saturated rings. The molecule has 9 heteroatoms. The Bertz CT molecular complexity index is 709. The van der Waals surface area contributed by atoms with Crippen molar-refractivity contribution in [3.05, 3.63) is 34.7 Å². The number of phosphoric acid groups is 1. The van der Waals surface area contributed by atoms with E-state index in [1.54, 1.807) is 12.1 Å². The van der Waals surface area contributed by atoms with Crippen LogP contribution in [0.2, 0.25) is 0 Å². The maximum atomic E-state index is 11.7. The molecule has 0 unspecified atom stereocenters. The second-order valence-corrected chi connectivity index (χ2v) is 4.95. The lowest BCUT2D eigenvalue weighted by atomic mass is 10.2. The van der Waals surface area contributed by atoms with Gasteiger partial charge in [0, 0.05) is 0 Å². The van der Waals surface area contributed by atoms with Crippen LogP contribution in [-0.2, 0) is 4.57 Å². The predicted molar refractivity (Wildman–Crippen MR) is 79.1 cm³/mol. The minimum absolute atomic E-state index is 0.146. The first-order chi connectivity index (χ1) is 10.3. The fraction of sp³-hybridized carbons (Fsp3) is 0.308. The summed E-state index contributed by atoms with van der Waals surface area (Å²) in [4.78, 5) is 33.3. The van der Waals surface area contributed by atoms with E-state index in [0.717, 1.165) is 5.39 Å². The molecule has 3 N–H and O–H groups in total. The average Bonchev–Trinajstić information content (AvgIpc) is 2.41. The van der Waals surface area contributed by atoms with Crippen LogP contribution >= 0.6 is 7.82 Å². The average molecular weight is 332 g/mol. The summed E-state index contributed by atoms with van der Waals surface area (Å²) in [7, 11) is -4.64. The monoisotopic (exact) mass is 332 g/mol. The highest BCUT2D eigenvalue weighted by molar-refractivity contribution is 7.45. The van der Waals surface area contributed by atoms with Crippen molar-refractivity contribution >= 4 is 18.8 Å². The first kappa shape index (κ1) is 18.2.